The van der Waals surface area contributed by atoms with Crippen LogP contribution in [0.2, 0.25) is 0 Å². The maximum Gasteiger partial charge on any atom is 0.118 e. The molecule has 204 valence electrons. The third-order valence-electron chi connectivity index (χ3n) is 12.0. The molecule has 2 N–H and O–H groups in total. The third kappa shape index (κ3) is 3.86. The van der Waals surface area contributed by atoms with Gasteiger partial charge in [0, 0.05) is 12.0 Å². The van der Waals surface area contributed by atoms with E-state index in [2.05, 4.69) is 18.7 Å². The number of aliphatic hydroxyl groups is 2. The van der Waals surface area contributed by atoms with Crippen LogP contribution in [0.5, 0.6) is 5.75 Å². The van der Waals surface area contributed by atoms with Crippen molar-refractivity contribution in [2.45, 2.75) is 88.9 Å². The average molecular weight is 510 g/mol. The second-order valence-corrected chi connectivity index (χ2v) is 13.3. The Hall–Kier alpha value is -1.40. The first kappa shape index (κ1) is 25.9. The van der Waals surface area contributed by atoms with Crippen molar-refractivity contribution in [1.82, 2.24) is 4.90 Å². The fourth-order valence-electron chi connectivity index (χ4n) is 9.47. The van der Waals surface area contributed by atoms with Crippen LogP contribution in [0.4, 0.5) is 0 Å². The maximum absolute atomic E-state index is 12.4. The Morgan fingerprint density at radius 3 is 2.41 bits per heavy atom. The normalized spacial score (nSPS) is 45.3. The maximum atomic E-state index is 12.4. The number of hydrogen-bond acceptors (Lipinski definition) is 5. The summed E-state index contributed by atoms with van der Waals surface area (Å²) >= 11 is 0. The predicted octanol–water partition coefficient (Wildman–Crippen LogP) is 5.30. The molecule has 5 nitrogen and oxygen atoms in total. The van der Waals surface area contributed by atoms with Gasteiger partial charge in [0.15, 0.2) is 0 Å². The molecule has 3 unspecified atom stereocenters. The summed E-state index contributed by atoms with van der Waals surface area (Å²) in [6.45, 7) is 9.05. The van der Waals surface area contributed by atoms with E-state index in [0.717, 1.165) is 56.6 Å². The van der Waals surface area contributed by atoms with Crippen molar-refractivity contribution in [2.24, 2.45) is 28.6 Å². The molecule has 1 aromatic rings. The van der Waals surface area contributed by atoms with Crippen molar-refractivity contribution in [3.05, 3.63) is 42.0 Å². The van der Waals surface area contributed by atoms with Gasteiger partial charge in [-0.05, 0) is 118 Å². The van der Waals surface area contributed by atoms with Crippen molar-refractivity contribution >= 4 is 0 Å². The monoisotopic (exact) mass is 509 g/mol. The molecule has 0 radical (unpaired) electrons. The summed E-state index contributed by atoms with van der Waals surface area (Å²) in [5.74, 6) is 2.11. The van der Waals surface area contributed by atoms with Gasteiger partial charge >= 0.3 is 0 Å². The van der Waals surface area contributed by atoms with Crippen molar-refractivity contribution in [3.63, 3.8) is 0 Å². The van der Waals surface area contributed by atoms with Crippen molar-refractivity contribution in [2.75, 3.05) is 33.4 Å². The molecular weight excluding hydrogens is 462 g/mol. The largest absolute Gasteiger partial charge is 0.497 e. The lowest BCUT2D eigenvalue weighted by Crippen LogP contribution is -2.65. The van der Waals surface area contributed by atoms with Crippen LogP contribution >= 0.6 is 0 Å². The van der Waals surface area contributed by atoms with Crippen molar-refractivity contribution in [1.29, 1.82) is 0 Å². The summed E-state index contributed by atoms with van der Waals surface area (Å²) in [5.41, 5.74) is -1.75. The zero-order valence-electron chi connectivity index (χ0n) is 23.1. The first-order valence-corrected chi connectivity index (χ1v) is 14.9. The smallest absolute Gasteiger partial charge is 0.118 e. The van der Waals surface area contributed by atoms with Gasteiger partial charge in [0.25, 0.3) is 0 Å². The molecule has 1 aromatic carbocycles. The van der Waals surface area contributed by atoms with E-state index >= 15 is 0 Å². The highest BCUT2D eigenvalue weighted by molar-refractivity contribution is 5.43. The van der Waals surface area contributed by atoms with Crippen LogP contribution in [0.1, 0.15) is 77.2 Å². The predicted molar refractivity (Wildman–Crippen MR) is 145 cm³/mol. The molecule has 1 heterocycles. The van der Waals surface area contributed by atoms with Crippen molar-refractivity contribution < 1.29 is 19.7 Å². The summed E-state index contributed by atoms with van der Waals surface area (Å²) < 4.78 is 11.8. The Kier molecular flexibility index (Phi) is 6.54. The lowest BCUT2D eigenvalue weighted by molar-refractivity contribution is -0.228. The van der Waals surface area contributed by atoms with Crippen LogP contribution in [0, 0.1) is 28.6 Å². The zero-order chi connectivity index (χ0) is 25.9. The SMILES string of the molecule is COc1ccc(C2(O)C=C[C@@]3(O)[C@@H]4CCC5CC(OCCN6CCCC6)CC[C@]5(C)[C@@H]4CC[C@]23C)cc1. The summed E-state index contributed by atoms with van der Waals surface area (Å²) in [4.78, 5) is 2.54. The van der Waals surface area contributed by atoms with Crippen LogP contribution in [0.15, 0.2) is 36.4 Å². The molecule has 3 saturated carbocycles. The number of likely N-dealkylation sites (tertiary alicyclic amines) is 1. The minimum Gasteiger partial charge on any atom is -0.497 e. The van der Waals surface area contributed by atoms with Crippen LogP contribution in [-0.2, 0) is 10.3 Å². The highest BCUT2D eigenvalue weighted by Crippen LogP contribution is 2.69. The van der Waals surface area contributed by atoms with E-state index in [1.807, 2.05) is 36.4 Å². The van der Waals surface area contributed by atoms with E-state index in [1.165, 1.54) is 38.8 Å². The number of fused-ring (bicyclic) bond motifs is 5. The van der Waals surface area contributed by atoms with E-state index in [9.17, 15) is 10.2 Å². The van der Waals surface area contributed by atoms with Gasteiger partial charge in [-0.15, -0.1) is 0 Å². The summed E-state index contributed by atoms with van der Waals surface area (Å²) in [6.07, 6.45) is 14.5. The highest BCUT2D eigenvalue weighted by atomic mass is 16.5. The van der Waals surface area contributed by atoms with Gasteiger partial charge < -0.3 is 24.6 Å². The summed E-state index contributed by atoms with van der Waals surface area (Å²) in [6, 6.07) is 7.72. The van der Waals surface area contributed by atoms with E-state index in [0.29, 0.717) is 17.9 Å². The van der Waals surface area contributed by atoms with E-state index in [4.69, 9.17) is 9.47 Å². The van der Waals surface area contributed by atoms with E-state index in [1.54, 1.807) is 7.11 Å². The highest BCUT2D eigenvalue weighted by Gasteiger charge is 2.70. The number of benzene rings is 1. The molecule has 37 heavy (non-hydrogen) atoms. The second-order valence-electron chi connectivity index (χ2n) is 13.3. The molecule has 8 atom stereocenters. The van der Waals surface area contributed by atoms with Gasteiger partial charge in [0.05, 0.1) is 25.4 Å². The van der Waals surface area contributed by atoms with Crippen molar-refractivity contribution in [3.8, 4) is 5.75 Å². The number of ether oxygens (including phenoxy) is 2. The van der Waals surface area contributed by atoms with Gasteiger partial charge in [-0.2, -0.15) is 0 Å². The Morgan fingerprint density at radius 2 is 1.68 bits per heavy atom. The average Bonchev–Trinajstić information content (AvgIpc) is 3.50. The van der Waals surface area contributed by atoms with Gasteiger partial charge in [0.2, 0.25) is 0 Å². The molecule has 0 amide bonds. The van der Waals surface area contributed by atoms with Gasteiger partial charge in [-0.1, -0.05) is 32.1 Å². The minimum absolute atomic E-state index is 0.184. The molecule has 1 aliphatic heterocycles. The zero-order valence-corrected chi connectivity index (χ0v) is 23.1. The molecule has 1 saturated heterocycles. The lowest BCUT2D eigenvalue weighted by atomic mass is 9.42. The Bertz CT molecular complexity index is 1000. The number of rotatable bonds is 6. The topological polar surface area (TPSA) is 62.2 Å². The number of nitrogens with zero attached hydrogens (tertiary/aromatic N) is 1. The first-order chi connectivity index (χ1) is 17.7. The van der Waals surface area contributed by atoms with Crippen LogP contribution in [0.25, 0.3) is 0 Å². The van der Waals surface area contributed by atoms with Gasteiger partial charge in [-0.25, -0.2) is 0 Å². The summed E-state index contributed by atoms with van der Waals surface area (Å²) in [5, 5.41) is 24.6. The molecule has 0 aromatic heterocycles. The Morgan fingerprint density at radius 1 is 0.919 bits per heavy atom. The third-order valence-corrected chi connectivity index (χ3v) is 12.0. The Labute approximate surface area is 223 Å². The van der Waals surface area contributed by atoms with Gasteiger partial charge in [-0.3, -0.25) is 0 Å². The van der Waals surface area contributed by atoms with E-state index < -0.39 is 16.6 Å². The quantitative estimate of drug-likeness (QED) is 0.510. The van der Waals surface area contributed by atoms with Crippen LogP contribution in [-0.4, -0.2) is 60.2 Å². The Balaban J connectivity index is 1.17. The first-order valence-electron chi connectivity index (χ1n) is 14.9. The minimum atomic E-state index is -1.18. The van der Waals surface area contributed by atoms with Crippen LogP contribution < -0.4 is 4.74 Å². The molecule has 5 heteroatoms. The fraction of sp³-hybridized carbons (Fsp3) is 0.750. The molecule has 5 aliphatic rings. The molecular formula is C32H47NO4. The lowest BCUT2D eigenvalue weighted by Gasteiger charge is -2.64. The molecule has 0 spiro atoms. The number of methoxy groups -OCH3 is 1. The fourth-order valence-corrected chi connectivity index (χ4v) is 9.47. The molecule has 0 bridgehead atoms. The van der Waals surface area contributed by atoms with Crippen LogP contribution in [0.3, 0.4) is 0 Å². The second kappa shape index (κ2) is 9.36. The number of hydrogen-bond donors (Lipinski definition) is 2. The summed E-state index contributed by atoms with van der Waals surface area (Å²) in [7, 11) is 1.66. The molecule has 4 fully saturated rings. The standard InChI is InChI=1S/C32H47NO4/c1-29-14-12-26(37-21-20-33-18-4-5-19-33)22-24(29)8-11-28-27(29)13-15-30(2)31(34,16-17-32(28,30)35)23-6-9-25(36-3)10-7-23/h6-7,9-10,16-17,24,26-28,34-35H,4-5,8,11-15,18-22H2,1-3H3/t24?,26?,27-,28-,29+,30-,31?,32-/m1/s1. The molecule has 4 aliphatic carbocycles. The van der Waals surface area contributed by atoms with Gasteiger partial charge in [0.1, 0.15) is 11.4 Å². The van der Waals surface area contributed by atoms with E-state index in [-0.39, 0.29) is 11.3 Å². The molecule has 6 rings (SSSR count).